The zero-order valence-electron chi connectivity index (χ0n) is 13.0. The molecule has 3 heteroatoms. The van der Waals surface area contributed by atoms with Crippen LogP contribution in [0.2, 0.25) is 0 Å². The second-order valence-electron chi connectivity index (χ2n) is 6.09. The molecule has 3 rings (SSSR count). The van der Waals surface area contributed by atoms with Crippen LogP contribution in [-0.2, 0) is 4.79 Å². The second kappa shape index (κ2) is 6.80. The van der Waals surface area contributed by atoms with E-state index >= 15 is 0 Å². The largest absolute Gasteiger partial charge is 0.480 e. The Balaban J connectivity index is 1.59. The fourth-order valence-corrected chi connectivity index (χ4v) is 3.05. The first-order valence-electron chi connectivity index (χ1n) is 7.93. The Labute approximate surface area is 136 Å². The molecule has 3 nitrogen and oxygen atoms in total. The van der Waals surface area contributed by atoms with Gasteiger partial charge in [-0.05, 0) is 41.0 Å². The Morgan fingerprint density at radius 1 is 1.09 bits per heavy atom. The third-order valence-corrected chi connectivity index (χ3v) is 4.54. The minimum atomic E-state index is -0.791. The monoisotopic (exact) mass is 307 g/mol. The molecule has 0 saturated heterocycles. The van der Waals surface area contributed by atoms with Gasteiger partial charge in [0.15, 0.2) is 0 Å². The van der Waals surface area contributed by atoms with E-state index in [0.29, 0.717) is 12.0 Å². The SMILES string of the molecule is C=Cc1ccc(-c2ccc(C3CC(NCC(=O)O)C3)cc2)cc1. The Kier molecular flexibility index (Phi) is 4.58. The predicted octanol–water partition coefficient (Wildman–Crippen LogP) is 3.92. The summed E-state index contributed by atoms with van der Waals surface area (Å²) in [6, 6.07) is 17.4. The number of nitrogens with one attached hydrogen (secondary N) is 1. The van der Waals surface area contributed by atoms with Gasteiger partial charge in [-0.3, -0.25) is 4.79 Å². The highest BCUT2D eigenvalue weighted by Crippen LogP contribution is 2.37. The number of carbonyl (C=O) groups is 1. The molecule has 23 heavy (non-hydrogen) atoms. The summed E-state index contributed by atoms with van der Waals surface area (Å²) >= 11 is 0. The van der Waals surface area contributed by atoms with Crippen molar-refractivity contribution in [2.24, 2.45) is 0 Å². The normalized spacial score (nSPS) is 19.8. The molecule has 0 aromatic heterocycles. The van der Waals surface area contributed by atoms with Gasteiger partial charge in [-0.1, -0.05) is 61.2 Å². The maximum Gasteiger partial charge on any atom is 0.317 e. The highest BCUT2D eigenvalue weighted by molar-refractivity contribution is 5.69. The van der Waals surface area contributed by atoms with Gasteiger partial charge >= 0.3 is 5.97 Å². The Hall–Kier alpha value is -2.39. The molecule has 0 radical (unpaired) electrons. The minimum absolute atomic E-state index is 0.0526. The predicted molar refractivity (Wildman–Crippen MR) is 93.4 cm³/mol. The van der Waals surface area contributed by atoms with Crippen molar-refractivity contribution in [3.8, 4) is 11.1 Å². The van der Waals surface area contributed by atoms with Crippen molar-refractivity contribution in [1.82, 2.24) is 5.32 Å². The lowest BCUT2D eigenvalue weighted by molar-refractivity contribution is -0.136. The van der Waals surface area contributed by atoms with Crippen LogP contribution in [-0.4, -0.2) is 23.7 Å². The van der Waals surface area contributed by atoms with E-state index in [1.807, 2.05) is 6.08 Å². The summed E-state index contributed by atoms with van der Waals surface area (Å²) in [7, 11) is 0. The molecule has 2 aromatic carbocycles. The number of rotatable bonds is 6. The quantitative estimate of drug-likeness (QED) is 0.850. The summed E-state index contributed by atoms with van der Waals surface area (Å²) in [6.45, 7) is 3.82. The third-order valence-electron chi connectivity index (χ3n) is 4.54. The van der Waals surface area contributed by atoms with Crippen molar-refractivity contribution >= 4 is 12.0 Å². The number of carboxylic acids is 1. The van der Waals surface area contributed by atoms with Crippen LogP contribution in [0.5, 0.6) is 0 Å². The van der Waals surface area contributed by atoms with Crippen molar-refractivity contribution in [1.29, 1.82) is 0 Å². The van der Waals surface area contributed by atoms with Gasteiger partial charge in [0.25, 0.3) is 0 Å². The van der Waals surface area contributed by atoms with Gasteiger partial charge in [0.2, 0.25) is 0 Å². The molecule has 0 heterocycles. The molecule has 0 bridgehead atoms. The minimum Gasteiger partial charge on any atom is -0.480 e. The lowest BCUT2D eigenvalue weighted by Crippen LogP contribution is -2.42. The zero-order valence-corrected chi connectivity index (χ0v) is 13.0. The Bertz CT molecular complexity index is 683. The maximum atomic E-state index is 10.5. The van der Waals surface area contributed by atoms with E-state index in [2.05, 4.69) is 60.4 Å². The molecule has 1 aliphatic carbocycles. The number of aliphatic carboxylic acids is 1. The van der Waals surface area contributed by atoms with Gasteiger partial charge in [0, 0.05) is 6.04 Å². The standard InChI is InChI=1S/C20H21NO2/c1-2-14-3-5-15(6-4-14)16-7-9-17(10-8-16)18-11-19(12-18)21-13-20(22)23/h2-10,18-19,21H,1,11-13H2,(H,22,23). The molecule has 0 aliphatic heterocycles. The molecular formula is C20H21NO2. The van der Waals surface area contributed by atoms with E-state index in [4.69, 9.17) is 5.11 Å². The molecule has 2 aromatic rings. The maximum absolute atomic E-state index is 10.5. The zero-order chi connectivity index (χ0) is 16.2. The Morgan fingerprint density at radius 2 is 1.65 bits per heavy atom. The van der Waals surface area contributed by atoms with Gasteiger partial charge < -0.3 is 10.4 Å². The average molecular weight is 307 g/mol. The van der Waals surface area contributed by atoms with Crippen LogP contribution in [0, 0.1) is 0 Å². The van der Waals surface area contributed by atoms with Gasteiger partial charge in [-0.2, -0.15) is 0 Å². The van der Waals surface area contributed by atoms with Gasteiger partial charge in [0.05, 0.1) is 6.54 Å². The molecule has 118 valence electrons. The highest BCUT2D eigenvalue weighted by Gasteiger charge is 2.30. The van der Waals surface area contributed by atoms with E-state index in [-0.39, 0.29) is 6.54 Å². The number of carboxylic acid groups (broad SMARTS) is 1. The summed E-state index contributed by atoms with van der Waals surface area (Å²) in [5.41, 5.74) is 4.88. The van der Waals surface area contributed by atoms with Crippen molar-refractivity contribution < 1.29 is 9.90 Å². The molecule has 2 N–H and O–H groups in total. The number of benzene rings is 2. The summed E-state index contributed by atoms with van der Waals surface area (Å²) < 4.78 is 0. The van der Waals surface area contributed by atoms with Crippen LogP contribution < -0.4 is 5.32 Å². The van der Waals surface area contributed by atoms with Gasteiger partial charge in [-0.25, -0.2) is 0 Å². The van der Waals surface area contributed by atoms with Crippen molar-refractivity contribution in [3.05, 3.63) is 66.2 Å². The van der Waals surface area contributed by atoms with Gasteiger partial charge in [0.1, 0.15) is 0 Å². The van der Waals surface area contributed by atoms with Crippen LogP contribution in [0.1, 0.15) is 29.9 Å². The number of hydrogen-bond acceptors (Lipinski definition) is 2. The fourth-order valence-electron chi connectivity index (χ4n) is 3.05. The van der Waals surface area contributed by atoms with Crippen LogP contribution >= 0.6 is 0 Å². The molecule has 0 amide bonds. The lowest BCUT2D eigenvalue weighted by Gasteiger charge is -2.36. The first-order chi connectivity index (χ1) is 11.2. The highest BCUT2D eigenvalue weighted by atomic mass is 16.4. The van der Waals surface area contributed by atoms with Crippen LogP contribution in [0.4, 0.5) is 0 Å². The van der Waals surface area contributed by atoms with Crippen LogP contribution in [0.3, 0.4) is 0 Å². The molecule has 0 atom stereocenters. The summed E-state index contributed by atoms with van der Waals surface area (Å²) in [4.78, 5) is 10.5. The number of hydrogen-bond donors (Lipinski definition) is 2. The fraction of sp³-hybridized carbons (Fsp3) is 0.250. The summed E-state index contributed by atoms with van der Waals surface area (Å²) in [5.74, 6) is -0.251. The van der Waals surface area contributed by atoms with E-state index in [9.17, 15) is 4.79 Å². The summed E-state index contributed by atoms with van der Waals surface area (Å²) in [5, 5.41) is 11.7. The molecular weight excluding hydrogens is 286 g/mol. The second-order valence-corrected chi connectivity index (χ2v) is 6.09. The van der Waals surface area contributed by atoms with Crippen LogP contribution in [0.15, 0.2) is 55.1 Å². The van der Waals surface area contributed by atoms with E-state index in [1.54, 1.807) is 0 Å². The van der Waals surface area contributed by atoms with Crippen molar-refractivity contribution in [3.63, 3.8) is 0 Å². The first kappa shape index (κ1) is 15.5. The Morgan fingerprint density at radius 3 is 2.17 bits per heavy atom. The van der Waals surface area contributed by atoms with Crippen molar-refractivity contribution in [2.75, 3.05) is 6.54 Å². The lowest BCUT2D eigenvalue weighted by atomic mass is 9.75. The molecule has 1 fully saturated rings. The molecule has 0 spiro atoms. The van der Waals surface area contributed by atoms with E-state index in [1.165, 1.54) is 16.7 Å². The smallest absolute Gasteiger partial charge is 0.317 e. The molecule has 1 saturated carbocycles. The topological polar surface area (TPSA) is 49.3 Å². The van der Waals surface area contributed by atoms with Gasteiger partial charge in [-0.15, -0.1) is 0 Å². The van der Waals surface area contributed by atoms with E-state index in [0.717, 1.165) is 18.4 Å². The van der Waals surface area contributed by atoms with Crippen molar-refractivity contribution in [2.45, 2.75) is 24.8 Å². The van der Waals surface area contributed by atoms with Crippen LogP contribution in [0.25, 0.3) is 17.2 Å². The van der Waals surface area contributed by atoms with E-state index < -0.39 is 5.97 Å². The molecule has 0 unspecified atom stereocenters. The summed E-state index contributed by atoms with van der Waals surface area (Å²) in [6.07, 6.45) is 3.87. The third kappa shape index (κ3) is 3.69. The average Bonchev–Trinajstić information content (AvgIpc) is 2.54. The first-order valence-corrected chi connectivity index (χ1v) is 7.93. The molecule has 1 aliphatic rings.